The molecule has 1 fully saturated rings. The van der Waals surface area contributed by atoms with E-state index in [1.165, 1.54) is 0 Å². The number of aromatic amines is 2. The number of fused-ring (bicyclic) bond motifs is 2. The zero-order valence-electron chi connectivity index (χ0n) is 14.5. The lowest BCUT2D eigenvalue weighted by Crippen LogP contribution is -2.34. The number of imidazole rings is 1. The van der Waals surface area contributed by atoms with Crippen molar-refractivity contribution in [2.24, 2.45) is 0 Å². The zero-order chi connectivity index (χ0) is 18.5. The van der Waals surface area contributed by atoms with Crippen LogP contribution in [0, 0.1) is 11.3 Å². The molecule has 2 aliphatic rings. The second-order valence-electron chi connectivity index (χ2n) is 7.15. The van der Waals surface area contributed by atoms with Crippen LogP contribution in [0.1, 0.15) is 47.4 Å². The second-order valence-corrected chi connectivity index (χ2v) is 8.25. The van der Waals surface area contributed by atoms with Gasteiger partial charge in [-0.15, -0.1) is 0 Å². The molecule has 0 saturated heterocycles. The van der Waals surface area contributed by atoms with Gasteiger partial charge in [0.15, 0.2) is 0 Å². The highest BCUT2D eigenvalue weighted by molar-refractivity contribution is 7.98. The molecule has 5 rings (SSSR count). The molecule has 0 bridgehead atoms. The summed E-state index contributed by atoms with van der Waals surface area (Å²) in [5, 5.41) is 9.02. The molecule has 1 aromatic carbocycles. The molecule has 136 valence electrons. The molecule has 1 saturated carbocycles. The lowest BCUT2D eigenvalue weighted by molar-refractivity contribution is 0.256. The van der Waals surface area contributed by atoms with Crippen LogP contribution in [0.15, 0.2) is 27.8 Å². The highest BCUT2D eigenvalue weighted by Gasteiger charge is 2.35. The second kappa shape index (κ2) is 6.13. The molecule has 0 radical (unpaired) electrons. The maximum absolute atomic E-state index is 12.4. The first-order valence-corrected chi connectivity index (χ1v) is 10.1. The third-order valence-corrected chi connectivity index (χ3v) is 6.55. The molecule has 1 aliphatic heterocycles. The lowest BCUT2D eigenvalue weighted by atomic mass is 9.79. The third-order valence-electron chi connectivity index (χ3n) is 5.56. The Morgan fingerprint density at radius 1 is 1.26 bits per heavy atom. The highest BCUT2D eigenvalue weighted by Crippen LogP contribution is 2.43. The first-order chi connectivity index (χ1) is 13.1. The van der Waals surface area contributed by atoms with Gasteiger partial charge in [0.25, 0.3) is 5.56 Å². The van der Waals surface area contributed by atoms with Gasteiger partial charge in [-0.25, -0.2) is 9.78 Å². The number of rotatable bonds is 2. The van der Waals surface area contributed by atoms with Crippen molar-refractivity contribution in [3.05, 3.63) is 61.7 Å². The van der Waals surface area contributed by atoms with Crippen LogP contribution >= 0.6 is 11.8 Å². The molecule has 3 aromatic rings. The Kier molecular flexibility index (Phi) is 3.72. The van der Waals surface area contributed by atoms with Crippen LogP contribution < -0.4 is 11.2 Å². The van der Waals surface area contributed by atoms with E-state index in [0.717, 1.165) is 53.4 Å². The van der Waals surface area contributed by atoms with Gasteiger partial charge in [-0.3, -0.25) is 9.36 Å². The summed E-state index contributed by atoms with van der Waals surface area (Å²) >= 11 is 1.77. The molecule has 1 aliphatic carbocycles. The summed E-state index contributed by atoms with van der Waals surface area (Å²) in [5.41, 5.74) is 3.59. The molecule has 3 heterocycles. The van der Waals surface area contributed by atoms with Crippen molar-refractivity contribution in [3.63, 3.8) is 0 Å². The number of nitrogens with zero attached hydrogens (tertiary/aromatic N) is 3. The van der Waals surface area contributed by atoms with Gasteiger partial charge in [-0.05, 0) is 43.2 Å². The largest absolute Gasteiger partial charge is 0.326 e. The minimum atomic E-state index is -0.160. The van der Waals surface area contributed by atoms with Crippen molar-refractivity contribution in [3.8, 4) is 6.07 Å². The Hall–Kier alpha value is -2.79. The van der Waals surface area contributed by atoms with E-state index in [0.29, 0.717) is 11.1 Å². The van der Waals surface area contributed by atoms with Gasteiger partial charge in [0, 0.05) is 23.3 Å². The van der Waals surface area contributed by atoms with Crippen molar-refractivity contribution in [2.45, 2.75) is 37.0 Å². The number of aromatic nitrogens is 4. The Bertz CT molecular complexity index is 1210. The predicted molar refractivity (Wildman–Crippen MR) is 103 cm³/mol. The summed E-state index contributed by atoms with van der Waals surface area (Å²) in [6, 6.07) is 7.40. The minimum Gasteiger partial charge on any atom is -0.310 e. The molecule has 0 atom stereocenters. The fraction of sp³-hybridized carbons (Fsp3) is 0.368. The predicted octanol–water partition coefficient (Wildman–Crippen LogP) is 2.19. The van der Waals surface area contributed by atoms with Crippen LogP contribution in [0.25, 0.3) is 11.0 Å². The van der Waals surface area contributed by atoms with E-state index in [4.69, 9.17) is 10.2 Å². The number of hydrogen-bond donors (Lipinski definition) is 2. The quantitative estimate of drug-likeness (QED) is 0.710. The number of benzene rings is 1. The van der Waals surface area contributed by atoms with Crippen molar-refractivity contribution in [1.82, 2.24) is 19.5 Å². The first-order valence-electron chi connectivity index (χ1n) is 8.98. The van der Waals surface area contributed by atoms with Gasteiger partial charge in [-0.2, -0.15) is 17.0 Å². The van der Waals surface area contributed by atoms with Crippen molar-refractivity contribution in [2.75, 3.05) is 5.75 Å². The fourth-order valence-corrected chi connectivity index (χ4v) is 5.02. The molecular formula is C19H17N5O2S. The van der Waals surface area contributed by atoms with Gasteiger partial charge < -0.3 is 9.97 Å². The Balaban J connectivity index is 1.43. The normalized spacial score (nSPS) is 21.4. The van der Waals surface area contributed by atoms with E-state index in [1.807, 2.05) is 6.07 Å². The summed E-state index contributed by atoms with van der Waals surface area (Å²) in [4.78, 5) is 35.3. The van der Waals surface area contributed by atoms with Gasteiger partial charge in [0.2, 0.25) is 0 Å². The van der Waals surface area contributed by atoms with Gasteiger partial charge >= 0.3 is 5.69 Å². The van der Waals surface area contributed by atoms with Crippen molar-refractivity contribution >= 4 is 22.8 Å². The van der Waals surface area contributed by atoms with E-state index in [1.54, 1.807) is 28.5 Å². The molecule has 8 heteroatoms. The summed E-state index contributed by atoms with van der Waals surface area (Å²) in [6.45, 7) is 0. The topological polar surface area (TPSA) is 107 Å². The smallest absolute Gasteiger partial charge is 0.310 e. The Morgan fingerprint density at radius 2 is 2.11 bits per heavy atom. The maximum Gasteiger partial charge on any atom is 0.326 e. The molecule has 0 spiro atoms. The molecule has 2 aromatic heterocycles. The molecule has 2 N–H and O–H groups in total. The summed E-state index contributed by atoms with van der Waals surface area (Å²) < 4.78 is 1.76. The van der Waals surface area contributed by atoms with E-state index in [-0.39, 0.29) is 23.2 Å². The van der Waals surface area contributed by atoms with Crippen LogP contribution in [0.4, 0.5) is 0 Å². The monoisotopic (exact) mass is 379 g/mol. The minimum absolute atomic E-state index is 0.0149. The average molecular weight is 379 g/mol. The van der Waals surface area contributed by atoms with Crippen LogP contribution in [0.2, 0.25) is 0 Å². The Labute approximate surface area is 158 Å². The number of nitriles is 1. The number of nitrogens with one attached hydrogen (secondary N) is 2. The first kappa shape index (κ1) is 16.4. The van der Waals surface area contributed by atoms with Gasteiger partial charge in [0.1, 0.15) is 5.82 Å². The van der Waals surface area contributed by atoms with Crippen molar-refractivity contribution < 1.29 is 0 Å². The van der Waals surface area contributed by atoms with E-state index >= 15 is 0 Å². The molecule has 7 nitrogen and oxygen atoms in total. The SMILES string of the molecule is N#Cc1ccc2c(c1)[nH]c(=O)n2C1CC(c2nc3c(c(=O)[nH]2)CSCC3)C1. The summed E-state index contributed by atoms with van der Waals surface area (Å²) in [6.07, 6.45) is 2.38. The zero-order valence-corrected chi connectivity index (χ0v) is 15.3. The van der Waals surface area contributed by atoms with Crippen LogP contribution in [-0.4, -0.2) is 25.3 Å². The summed E-state index contributed by atoms with van der Waals surface area (Å²) in [5.74, 6) is 2.66. The summed E-state index contributed by atoms with van der Waals surface area (Å²) in [7, 11) is 0. The van der Waals surface area contributed by atoms with Crippen molar-refractivity contribution in [1.29, 1.82) is 5.26 Å². The fourth-order valence-electron chi connectivity index (χ4n) is 4.04. The number of H-pyrrole nitrogens is 2. The molecular weight excluding hydrogens is 362 g/mol. The highest BCUT2D eigenvalue weighted by atomic mass is 32.2. The molecule has 0 amide bonds. The van der Waals surface area contributed by atoms with E-state index < -0.39 is 0 Å². The van der Waals surface area contributed by atoms with Gasteiger partial charge in [0.05, 0.1) is 28.4 Å². The third kappa shape index (κ3) is 2.61. The van der Waals surface area contributed by atoms with Crippen LogP contribution in [0.3, 0.4) is 0 Å². The number of hydrogen-bond acceptors (Lipinski definition) is 5. The maximum atomic E-state index is 12.4. The number of thioether (sulfide) groups is 1. The van der Waals surface area contributed by atoms with Gasteiger partial charge in [-0.1, -0.05) is 0 Å². The standard InChI is InChI=1S/C19H17N5O2S/c20-8-10-1-2-16-15(5-10)22-19(26)24(16)12-6-11(7-12)17-21-14-3-4-27-9-13(14)18(25)23-17/h1-2,5,11-12H,3-4,6-7,9H2,(H,22,26)(H,21,23,25). The Morgan fingerprint density at radius 3 is 2.93 bits per heavy atom. The average Bonchev–Trinajstić information content (AvgIpc) is 2.96. The van der Waals surface area contributed by atoms with E-state index in [2.05, 4.69) is 16.0 Å². The van der Waals surface area contributed by atoms with Crippen LogP contribution in [0.5, 0.6) is 0 Å². The van der Waals surface area contributed by atoms with Crippen LogP contribution in [-0.2, 0) is 12.2 Å². The molecule has 27 heavy (non-hydrogen) atoms. The molecule has 0 unspecified atom stereocenters. The van der Waals surface area contributed by atoms with E-state index in [9.17, 15) is 9.59 Å². The number of aryl methyl sites for hydroxylation is 1. The lowest BCUT2D eigenvalue weighted by Gasteiger charge is -2.35.